The Balaban J connectivity index is 1.72. The zero-order chi connectivity index (χ0) is 12.1. The second-order valence-electron chi connectivity index (χ2n) is 4.60. The van der Waals surface area contributed by atoms with E-state index in [0.29, 0.717) is 5.69 Å². The molecule has 0 spiro atoms. The minimum atomic E-state index is 0.251. The molecule has 0 unspecified atom stereocenters. The molecule has 1 aromatic rings. The van der Waals surface area contributed by atoms with Crippen molar-refractivity contribution in [2.75, 3.05) is 37.2 Å². The minimum absolute atomic E-state index is 0.251. The third kappa shape index (κ3) is 3.53. The fourth-order valence-corrected chi connectivity index (χ4v) is 2.23. The first-order valence-corrected chi connectivity index (χ1v) is 6.30. The minimum Gasteiger partial charge on any atom is -0.508 e. The fourth-order valence-electron chi connectivity index (χ4n) is 2.23. The molecule has 1 aliphatic rings. The first-order valence-electron chi connectivity index (χ1n) is 6.30. The van der Waals surface area contributed by atoms with Crippen LogP contribution >= 0.6 is 0 Å². The highest BCUT2D eigenvalue weighted by Gasteiger charge is 2.10. The van der Waals surface area contributed by atoms with Crippen molar-refractivity contribution in [1.82, 2.24) is 4.90 Å². The number of likely N-dealkylation sites (tertiary alicyclic amines) is 1. The van der Waals surface area contributed by atoms with Crippen LogP contribution in [0.3, 0.4) is 0 Å². The predicted octanol–water partition coefficient (Wildman–Crippen LogP) is 1.87. The van der Waals surface area contributed by atoms with Crippen molar-refractivity contribution in [3.63, 3.8) is 0 Å². The first kappa shape index (κ1) is 12.0. The van der Waals surface area contributed by atoms with E-state index in [0.717, 1.165) is 25.2 Å². The van der Waals surface area contributed by atoms with Gasteiger partial charge < -0.3 is 21.1 Å². The number of nitrogens with zero attached hydrogens (tertiary/aromatic N) is 1. The molecule has 2 rings (SSSR count). The van der Waals surface area contributed by atoms with Crippen LogP contribution in [0, 0.1) is 0 Å². The van der Waals surface area contributed by atoms with E-state index in [4.69, 9.17) is 5.73 Å². The van der Waals surface area contributed by atoms with Crippen LogP contribution in [0.1, 0.15) is 19.3 Å². The third-order valence-corrected chi connectivity index (χ3v) is 3.20. The number of phenols is 1. The van der Waals surface area contributed by atoms with Crippen LogP contribution in [0.25, 0.3) is 0 Å². The Bertz CT molecular complexity index is 362. The van der Waals surface area contributed by atoms with Crippen molar-refractivity contribution < 1.29 is 5.11 Å². The summed E-state index contributed by atoms with van der Waals surface area (Å²) in [6, 6.07) is 4.99. The molecular formula is C13H21N3O. The molecule has 0 atom stereocenters. The fraction of sp³-hybridized carbons (Fsp3) is 0.538. The molecule has 0 aliphatic carbocycles. The molecule has 0 amide bonds. The van der Waals surface area contributed by atoms with Gasteiger partial charge in [-0.25, -0.2) is 0 Å². The topological polar surface area (TPSA) is 61.5 Å². The van der Waals surface area contributed by atoms with Gasteiger partial charge in [-0.15, -0.1) is 0 Å². The Labute approximate surface area is 102 Å². The average Bonchev–Trinajstić information content (AvgIpc) is 2.82. The maximum Gasteiger partial charge on any atom is 0.117 e. The van der Waals surface area contributed by atoms with Crippen LogP contribution in [0.15, 0.2) is 18.2 Å². The maximum atomic E-state index is 9.36. The quantitative estimate of drug-likeness (QED) is 0.414. The second-order valence-corrected chi connectivity index (χ2v) is 4.60. The summed E-state index contributed by atoms with van der Waals surface area (Å²) in [6.07, 6.45) is 3.79. The van der Waals surface area contributed by atoms with Crippen LogP contribution in [0.4, 0.5) is 11.4 Å². The van der Waals surface area contributed by atoms with Crippen molar-refractivity contribution in [3.05, 3.63) is 18.2 Å². The lowest BCUT2D eigenvalue weighted by Crippen LogP contribution is -2.22. The largest absolute Gasteiger partial charge is 0.508 e. The highest BCUT2D eigenvalue weighted by molar-refractivity contribution is 5.67. The number of nitrogens with one attached hydrogen (secondary N) is 1. The van der Waals surface area contributed by atoms with Crippen LogP contribution < -0.4 is 11.1 Å². The standard InChI is InChI=1S/C13H21N3O/c14-12-5-4-11(17)10-13(12)15-6-3-9-16-7-1-2-8-16/h4-5,10,15,17H,1-3,6-9,14H2. The van der Waals surface area contributed by atoms with Gasteiger partial charge in [0.05, 0.1) is 11.4 Å². The summed E-state index contributed by atoms with van der Waals surface area (Å²) in [4.78, 5) is 2.49. The van der Waals surface area contributed by atoms with E-state index in [-0.39, 0.29) is 5.75 Å². The Morgan fingerprint density at radius 1 is 1.29 bits per heavy atom. The summed E-state index contributed by atoms with van der Waals surface area (Å²) < 4.78 is 0. The predicted molar refractivity (Wildman–Crippen MR) is 71.3 cm³/mol. The van der Waals surface area contributed by atoms with Gasteiger partial charge in [-0.2, -0.15) is 0 Å². The highest BCUT2D eigenvalue weighted by atomic mass is 16.3. The number of benzene rings is 1. The Hall–Kier alpha value is -1.42. The van der Waals surface area contributed by atoms with Gasteiger partial charge in [-0.05, 0) is 51.0 Å². The maximum absolute atomic E-state index is 9.36. The monoisotopic (exact) mass is 235 g/mol. The Morgan fingerprint density at radius 2 is 2.06 bits per heavy atom. The number of phenolic OH excluding ortho intramolecular Hbond substituents is 1. The molecule has 0 radical (unpaired) electrons. The van der Waals surface area contributed by atoms with E-state index < -0.39 is 0 Å². The molecule has 1 heterocycles. The summed E-state index contributed by atoms with van der Waals surface area (Å²) >= 11 is 0. The molecule has 94 valence electrons. The summed E-state index contributed by atoms with van der Waals surface area (Å²) in [7, 11) is 0. The van der Waals surface area contributed by atoms with Crippen LogP contribution in [-0.2, 0) is 0 Å². The molecule has 4 nitrogen and oxygen atoms in total. The Morgan fingerprint density at radius 3 is 2.82 bits per heavy atom. The third-order valence-electron chi connectivity index (χ3n) is 3.20. The summed E-state index contributed by atoms with van der Waals surface area (Å²) in [6.45, 7) is 4.53. The molecule has 0 aromatic heterocycles. The first-order chi connectivity index (χ1) is 8.25. The van der Waals surface area contributed by atoms with Gasteiger partial charge in [0.25, 0.3) is 0 Å². The van der Waals surface area contributed by atoms with Crippen molar-refractivity contribution in [2.45, 2.75) is 19.3 Å². The van der Waals surface area contributed by atoms with E-state index in [1.54, 1.807) is 18.2 Å². The molecule has 1 fully saturated rings. The molecule has 1 aromatic carbocycles. The normalized spacial score (nSPS) is 16.2. The highest BCUT2D eigenvalue weighted by Crippen LogP contribution is 2.23. The molecule has 17 heavy (non-hydrogen) atoms. The number of hydrogen-bond acceptors (Lipinski definition) is 4. The lowest BCUT2D eigenvalue weighted by molar-refractivity contribution is 0.337. The zero-order valence-electron chi connectivity index (χ0n) is 10.2. The van der Waals surface area contributed by atoms with E-state index in [2.05, 4.69) is 10.2 Å². The smallest absolute Gasteiger partial charge is 0.117 e. The number of hydrogen-bond donors (Lipinski definition) is 3. The van der Waals surface area contributed by atoms with E-state index in [1.807, 2.05) is 0 Å². The van der Waals surface area contributed by atoms with E-state index in [1.165, 1.54) is 25.9 Å². The Kier molecular flexibility index (Phi) is 4.09. The number of aromatic hydroxyl groups is 1. The number of nitrogen functional groups attached to an aromatic ring is 1. The molecule has 4 N–H and O–H groups in total. The van der Waals surface area contributed by atoms with Gasteiger partial charge in [0.15, 0.2) is 0 Å². The number of rotatable bonds is 5. The van der Waals surface area contributed by atoms with Gasteiger partial charge in [0.1, 0.15) is 5.75 Å². The van der Waals surface area contributed by atoms with Gasteiger partial charge in [0, 0.05) is 12.6 Å². The molecule has 0 bridgehead atoms. The van der Waals surface area contributed by atoms with Crippen molar-refractivity contribution in [2.24, 2.45) is 0 Å². The molecule has 1 saturated heterocycles. The second kappa shape index (κ2) is 5.77. The summed E-state index contributed by atoms with van der Waals surface area (Å²) in [5, 5.41) is 12.6. The molecule has 1 aliphatic heterocycles. The molecule has 4 heteroatoms. The van der Waals surface area contributed by atoms with E-state index in [9.17, 15) is 5.11 Å². The van der Waals surface area contributed by atoms with Crippen molar-refractivity contribution in [1.29, 1.82) is 0 Å². The molecular weight excluding hydrogens is 214 g/mol. The lowest BCUT2D eigenvalue weighted by Gasteiger charge is -2.15. The van der Waals surface area contributed by atoms with E-state index >= 15 is 0 Å². The average molecular weight is 235 g/mol. The molecule has 0 saturated carbocycles. The zero-order valence-corrected chi connectivity index (χ0v) is 10.2. The van der Waals surface area contributed by atoms with Gasteiger partial charge in [-0.3, -0.25) is 0 Å². The van der Waals surface area contributed by atoms with Crippen molar-refractivity contribution in [3.8, 4) is 5.75 Å². The van der Waals surface area contributed by atoms with Crippen LogP contribution in [-0.4, -0.2) is 36.2 Å². The van der Waals surface area contributed by atoms with Gasteiger partial charge in [-0.1, -0.05) is 0 Å². The summed E-state index contributed by atoms with van der Waals surface area (Å²) in [5.41, 5.74) is 7.32. The number of nitrogens with two attached hydrogens (primary N) is 1. The lowest BCUT2D eigenvalue weighted by atomic mass is 10.2. The number of anilines is 2. The SMILES string of the molecule is Nc1ccc(O)cc1NCCCN1CCCC1. The van der Waals surface area contributed by atoms with Crippen LogP contribution in [0.2, 0.25) is 0 Å². The van der Waals surface area contributed by atoms with Crippen molar-refractivity contribution >= 4 is 11.4 Å². The van der Waals surface area contributed by atoms with Gasteiger partial charge in [0.2, 0.25) is 0 Å². The van der Waals surface area contributed by atoms with Gasteiger partial charge >= 0.3 is 0 Å². The van der Waals surface area contributed by atoms with Crippen LogP contribution in [0.5, 0.6) is 5.75 Å². The summed E-state index contributed by atoms with van der Waals surface area (Å²) in [5.74, 6) is 0.251.